The van der Waals surface area contributed by atoms with Crippen molar-refractivity contribution in [3.63, 3.8) is 0 Å². The monoisotopic (exact) mass is 1030 g/mol. The second-order valence-corrected chi connectivity index (χ2v) is 28.8. The van der Waals surface area contributed by atoms with Crippen molar-refractivity contribution >= 4 is 53.8 Å². The van der Waals surface area contributed by atoms with Gasteiger partial charge in [-0.2, -0.15) is 0 Å². The van der Waals surface area contributed by atoms with E-state index in [1.165, 1.54) is 16.4 Å². The van der Waals surface area contributed by atoms with Gasteiger partial charge in [0.2, 0.25) is 0 Å². The van der Waals surface area contributed by atoms with Crippen LogP contribution in [0.5, 0.6) is 0 Å². The number of carbonyl (C=O) groups excluding carboxylic acids is 1. The minimum Gasteiger partial charge on any atom is -0.512 e. The predicted molar refractivity (Wildman–Crippen MR) is 265 cm³/mol. The van der Waals surface area contributed by atoms with Gasteiger partial charge in [0, 0.05) is 49.9 Å². The van der Waals surface area contributed by atoms with Crippen LogP contribution in [0.3, 0.4) is 0 Å². The summed E-state index contributed by atoms with van der Waals surface area (Å²) in [7, 11) is -2.96. The maximum Gasteiger partial charge on any atom is 0.162 e. The molecule has 0 fully saturated rings. The Labute approximate surface area is 389 Å². The summed E-state index contributed by atoms with van der Waals surface area (Å²) in [4.78, 5) is 20.7. The number of carbonyl (C=O) groups is 1. The molecule has 4 nitrogen and oxygen atoms in total. The zero-order chi connectivity index (χ0) is 48.1. The molecular formula is C54H70IrN2O2Si2-2. The minimum absolute atomic E-state index is 0. The van der Waals surface area contributed by atoms with E-state index in [2.05, 4.69) is 124 Å². The molecule has 2 heterocycles. The first-order valence-electron chi connectivity index (χ1n) is 23.6. The molecule has 0 saturated heterocycles. The number of pyridine rings is 2. The normalized spacial score (nSPS) is 13.0. The van der Waals surface area contributed by atoms with Crippen molar-refractivity contribution in [1.29, 1.82) is 0 Å². The fraction of sp³-hybridized carbons (Fsp3) is 0.389. The van der Waals surface area contributed by atoms with Crippen molar-refractivity contribution in [2.45, 2.75) is 127 Å². The van der Waals surface area contributed by atoms with E-state index < -0.39 is 16.1 Å². The SMILES string of the molecule is CCC(CC)C(=O)/C=C(\O)C(C)(CC)CC.[2H]c1nc(-c2[c-]c(C)cc(C)c2)c2ccc([Si](C)(C)C)cc2c1[2H].[2H]c1nc(-c2[c-]c(C)cc(C)c2)c2ccc([Si](C)(C)C)cc2c1[2H].[Ir]. The van der Waals surface area contributed by atoms with Gasteiger partial charge in [-0.25, -0.2) is 0 Å². The Kier molecular flexibility index (Phi) is 16.1. The van der Waals surface area contributed by atoms with Crippen LogP contribution in [0, 0.1) is 51.2 Å². The Balaban J connectivity index is 0.000000264. The van der Waals surface area contributed by atoms with E-state index >= 15 is 0 Å². The van der Waals surface area contributed by atoms with E-state index in [4.69, 9.17) is 5.48 Å². The van der Waals surface area contributed by atoms with E-state index in [0.29, 0.717) is 0 Å². The van der Waals surface area contributed by atoms with Gasteiger partial charge in [0.15, 0.2) is 5.78 Å². The number of hydrogen-bond acceptors (Lipinski definition) is 4. The molecule has 0 amide bonds. The van der Waals surface area contributed by atoms with Gasteiger partial charge >= 0.3 is 0 Å². The number of aliphatic hydroxyl groups excluding tert-OH is 1. The predicted octanol–water partition coefficient (Wildman–Crippen LogP) is 14.0. The number of hydrogen-bond donors (Lipinski definition) is 1. The van der Waals surface area contributed by atoms with Crippen molar-refractivity contribution in [2.24, 2.45) is 11.3 Å². The van der Waals surface area contributed by atoms with Crippen LogP contribution in [0.25, 0.3) is 44.1 Å². The molecule has 6 rings (SSSR count). The second kappa shape index (κ2) is 21.9. The van der Waals surface area contributed by atoms with Crippen molar-refractivity contribution in [1.82, 2.24) is 9.97 Å². The Bertz CT molecular complexity index is 2480. The van der Waals surface area contributed by atoms with Gasteiger partial charge in [0.05, 0.1) is 21.6 Å². The Morgan fingerprint density at radius 3 is 1.43 bits per heavy atom. The number of ketones is 1. The maximum absolute atomic E-state index is 11.9. The van der Waals surface area contributed by atoms with Crippen LogP contribution in [-0.4, -0.2) is 37.0 Å². The van der Waals surface area contributed by atoms with Gasteiger partial charge in [-0.3, -0.25) is 4.79 Å². The number of nitrogens with zero attached hydrogens (tertiary/aromatic N) is 2. The van der Waals surface area contributed by atoms with Gasteiger partial charge in [-0.1, -0.05) is 148 Å². The van der Waals surface area contributed by atoms with Crippen molar-refractivity contribution in [2.75, 3.05) is 0 Å². The van der Waals surface area contributed by atoms with Crippen LogP contribution in [0.2, 0.25) is 39.3 Å². The van der Waals surface area contributed by atoms with Crippen molar-refractivity contribution in [3.8, 4) is 22.5 Å². The third kappa shape index (κ3) is 13.5. The average molecular weight is 1030 g/mol. The summed E-state index contributed by atoms with van der Waals surface area (Å²) in [6.07, 6.45) is 4.88. The summed E-state index contributed by atoms with van der Waals surface area (Å²) >= 11 is 0. The zero-order valence-electron chi connectivity index (χ0n) is 43.3. The van der Waals surface area contributed by atoms with Crippen LogP contribution in [0.1, 0.15) is 88.0 Å². The molecule has 61 heavy (non-hydrogen) atoms. The summed E-state index contributed by atoms with van der Waals surface area (Å²) in [6, 6.07) is 28.0. The molecule has 0 spiro atoms. The number of aliphatic hydroxyl groups is 1. The van der Waals surface area contributed by atoms with E-state index in [1.54, 1.807) is 0 Å². The standard InChI is InChI=1S/2C20H22NSi.C14H26O2.Ir/c2*1-14-10-15(2)12-17(11-14)20-19-7-6-18(22(3,4)5)13-16(19)8-9-21-20;1-6-11(7-2)12(15)10-13(16)14(5,8-3)9-4;/h2*6-11,13H,1-5H3;10-11,16H,6-9H2,1-5H3;/q2*-1;;/b;;13-10-;/i2*8D,9D;;. The number of fused-ring (bicyclic) bond motifs is 2. The molecule has 0 aliphatic heterocycles. The molecule has 0 saturated carbocycles. The number of aromatic nitrogens is 2. The number of rotatable bonds is 11. The molecule has 0 aliphatic carbocycles. The van der Waals surface area contributed by atoms with E-state index in [-0.39, 0.29) is 67.4 Å². The molecule has 327 valence electrons. The molecule has 6 aromatic rings. The second-order valence-electron chi connectivity index (χ2n) is 18.6. The molecule has 0 bridgehead atoms. The molecular weight excluding hydrogens is 957 g/mol. The van der Waals surface area contributed by atoms with Crippen LogP contribution < -0.4 is 10.4 Å². The van der Waals surface area contributed by atoms with Gasteiger partial charge in [0.1, 0.15) is 5.76 Å². The Morgan fingerprint density at radius 1 is 0.705 bits per heavy atom. The molecule has 1 radical (unpaired) electrons. The van der Waals surface area contributed by atoms with Gasteiger partial charge in [0.25, 0.3) is 0 Å². The smallest absolute Gasteiger partial charge is 0.162 e. The van der Waals surface area contributed by atoms with Gasteiger partial charge < -0.3 is 15.1 Å². The first-order valence-corrected chi connectivity index (χ1v) is 28.6. The largest absolute Gasteiger partial charge is 0.512 e. The minimum atomic E-state index is -1.48. The van der Waals surface area contributed by atoms with E-state index in [0.717, 1.165) is 92.0 Å². The quantitative estimate of drug-likeness (QED) is 0.0608. The topological polar surface area (TPSA) is 63.1 Å². The fourth-order valence-electron chi connectivity index (χ4n) is 7.24. The molecule has 0 aliphatic rings. The summed E-state index contributed by atoms with van der Waals surface area (Å²) in [6.45, 7) is 32.0. The van der Waals surface area contributed by atoms with Gasteiger partial charge in [-0.05, 0) is 70.7 Å². The number of benzene rings is 4. The van der Waals surface area contributed by atoms with Crippen molar-refractivity contribution < 1.29 is 35.5 Å². The zero-order valence-corrected chi connectivity index (χ0v) is 43.7. The third-order valence-corrected chi connectivity index (χ3v) is 15.7. The van der Waals surface area contributed by atoms with Crippen LogP contribution in [0.4, 0.5) is 0 Å². The Morgan fingerprint density at radius 2 is 1.10 bits per heavy atom. The summed E-state index contributed by atoms with van der Waals surface area (Å²) in [5, 5.41) is 16.1. The van der Waals surface area contributed by atoms with Gasteiger partial charge in [-0.15, -0.1) is 69.8 Å². The summed E-state index contributed by atoms with van der Waals surface area (Å²) in [5.74, 6) is 0.366. The third-order valence-electron chi connectivity index (χ3n) is 11.7. The first kappa shape index (κ1) is 45.0. The molecule has 4 aromatic carbocycles. The Hall–Kier alpha value is -4.01. The molecule has 0 atom stereocenters. The van der Waals surface area contributed by atoms with Crippen LogP contribution >= 0.6 is 0 Å². The first-order chi connectivity index (χ1) is 29.8. The van der Waals surface area contributed by atoms with Crippen LogP contribution in [-0.2, 0) is 24.9 Å². The molecule has 7 heteroatoms. The van der Waals surface area contributed by atoms with Crippen LogP contribution in [0.15, 0.2) is 96.9 Å². The number of aryl methyl sites for hydroxylation is 4. The summed E-state index contributed by atoms with van der Waals surface area (Å²) < 4.78 is 32.8. The molecule has 0 unspecified atom stereocenters. The molecule has 2 aromatic heterocycles. The average Bonchev–Trinajstić information content (AvgIpc) is 3.22. The van der Waals surface area contributed by atoms with E-state index in [9.17, 15) is 9.90 Å². The maximum atomic E-state index is 11.9. The fourth-order valence-corrected chi connectivity index (χ4v) is 9.56. The van der Waals surface area contributed by atoms with Crippen molar-refractivity contribution in [3.05, 3.63) is 131 Å². The molecule has 1 N–H and O–H groups in total. The number of allylic oxidation sites excluding steroid dienone is 2. The summed E-state index contributed by atoms with van der Waals surface area (Å²) in [5.41, 5.74) is 7.45. The van der Waals surface area contributed by atoms with E-state index in [1.807, 2.05) is 60.6 Å².